The standard InChI is InChI=1S/C15H22ClNO3/c1-15(20-10-18)12(7-8-16)14(19)17-13(15)9-11-5-3-2-4-6-11/h3,5,10-13H,2,4,6-9H2,1H3,(H,17,19)/t11-,12+,13-,15+/m1/s1. The minimum Gasteiger partial charge on any atom is -0.459 e. The number of hydrogen-bond acceptors (Lipinski definition) is 3. The maximum absolute atomic E-state index is 12.1. The van der Waals surface area contributed by atoms with Crippen molar-refractivity contribution in [1.82, 2.24) is 5.32 Å². The first kappa shape index (κ1) is 15.4. The van der Waals surface area contributed by atoms with Crippen molar-refractivity contribution in [3.8, 4) is 0 Å². The van der Waals surface area contributed by atoms with Crippen molar-refractivity contribution in [3.05, 3.63) is 12.2 Å². The van der Waals surface area contributed by atoms with Crippen molar-refractivity contribution < 1.29 is 14.3 Å². The van der Waals surface area contributed by atoms with E-state index in [1.807, 2.05) is 6.92 Å². The van der Waals surface area contributed by atoms with E-state index >= 15 is 0 Å². The monoisotopic (exact) mass is 299 g/mol. The molecule has 2 rings (SSSR count). The summed E-state index contributed by atoms with van der Waals surface area (Å²) in [5.41, 5.74) is -0.793. The van der Waals surface area contributed by atoms with Gasteiger partial charge in [0, 0.05) is 5.88 Å². The average molecular weight is 300 g/mol. The van der Waals surface area contributed by atoms with E-state index in [-0.39, 0.29) is 17.9 Å². The SMILES string of the molecule is C[C@@]1(OC=O)[C@@H](C[C@@H]2C=CCCC2)NC(=O)[C@@H]1CCCl. The Bertz CT molecular complexity index is 399. The van der Waals surface area contributed by atoms with Crippen LogP contribution >= 0.6 is 11.6 Å². The zero-order valence-electron chi connectivity index (χ0n) is 11.8. The second kappa shape index (κ2) is 6.61. The number of ether oxygens (including phenoxy) is 1. The van der Waals surface area contributed by atoms with Crippen LogP contribution in [0, 0.1) is 11.8 Å². The molecule has 1 heterocycles. The number of allylic oxidation sites excluding steroid dienone is 2. The zero-order chi connectivity index (χ0) is 14.6. The summed E-state index contributed by atoms with van der Waals surface area (Å²) in [5, 5.41) is 3.00. The van der Waals surface area contributed by atoms with E-state index in [0.29, 0.717) is 24.7 Å². The highest BCUT2D eigenvalue weighted by atomic mass is 35.5. The van der Waals surface area contributed by atoms with Crippen molar-refractivity contribution in [2.24, 2.45) is 11.8 Å². The number of halogens is 1. The summed E-state index contributed by atoms with van der Waals surface area (Å²) >= 11 is 5.78. The van der Waals surface area contributed by atoms with Gasteiger partial charge in [0.05, 0.1) is 12.0 Å². The van der Waals surface area contributed by atoms with Crippen LogP contribution in [0.15, 0.2) is 12.2 Å². The molecule has 4 nitrogen and oxygen atoms in total. The first-order chi connectivity index (χ1) is 9.61. The molecule has 1 N–H and O–H groups in total. The molecule has 0 aromatic carbocycles. The summed E-state index contributed by atoms with van der Waals surface area (Å²) in [5.74, 6) is 0.410. The fraction of sp³-hybridized carbons (Fsp3) is 0.733. The number of nitrogens with one attached hydrogen (secondary N) is 1. The number of rotatable bonds is 6. The maximum Gasteiger partial charge on any atom is 0.293 e. The highest BCUT2D eigenvalue weighted by Crippen LogP contribution is 2.38. The van der Waals surface area contributed by atoms with Gasteiger partial charge in [0.15, 0.2) is 0 Å². The smallest absolute Gasteiger partial charge is 0.293 e. The van der Waals surface area contributed by atoms with Crippen molar-refractivity contribution in [2.75, 3.05) is 5.88 Å². The fourth-order valence-corrected chi connectivity index (χ4v) is 3.61. The summed E-state index contributed by atoms with van der Waals surface area (Å²) in [7, 11) is 0. The van der Waals surface area contributed by atoms with Gasteiger partial charge in [-0.2, -0.15) is 0 Å². The first-order valence-electron chi connectivity index (χ1n) is 7.26. The summed E-state index contributed by atoms with van der Waals surface area (Å²) in [6.45, 7) is 2.29. The Labute approximate surface area is 124 Å². The number of alkyl halides is 1. The lowest BCUT2D eigenvalue weighted by Crippen LogP contribution is -2.46. The molecular weight excluding hydrogens is 278 g/mol. The molecule has 20 heavy (non-hydrogen) atoms. The van der Waals surface area contributed by atoms with Crippen LogP contribution in [0.2, 0.25) is 0 Å². The molecule has 1 saturated heterocycles. The Kier molecular flexibility index (Phi) is 5.08. The van der Waals surface area contributed by atoms with Gasteiger partial charge in [-0.05, 0) is 44.9 Å². The highest BCUT2D eigenvalue weighted by molar-refractivity contribution is 6.18. The van der Waals surface area contributed by atoms with Gasteiger partial charge in [0.1, 0.15) is 5.60 Å². The van der Waals surface area contributed by atoms with Crippen LogP contribution in [0.4, 0.5) is 0 Å². The lowest BCUT2D eigenvalue weighted by atomic mass is 9.79. The minimum atomic E-state index is -0.793. The third kappa shape index (κ3) is 3.00. The van der Waals surface area contributed by atoms with E-state index in [1.54, 1.807) is 0 Å². The molecule has 4 atom stereocenters. The van der Waals surface area contributed by atoms with Crippen molar-refractivity contribution in [3.63, 3.8) is 0 Å². The quantitative estimate of drug-likeness (QED) is 0.465. The molecule has 0 unspecified atom stereocenters. The summed E-state index contributed by atoms with van der Waals surface area (Å²) in [6, 6.07) is -0.138. The normalized spacial score (nSPS) is 36.7. The van der Waals surface area contributed by atoms with Gasteiger partial charge in [-0.25, -0.2) is 0 Å². The van der Waals surface area contributed by atoms with Crippen LogP contribution in [0.1, 0.15) is 39.0 Å². The lowest BCUT2D eigenvalue weighted by Gasteiger charge is -2.34. The summed E-state index contributed by atoms with van der Waals surface area (Å²) in [6.07, 6.45) is 9.17. The molecule has 2 aliphatic rings. The number of amides is 1. The van der Waals surface area contributed by atoms with Gasteiger partial charge in [-0.3, -0.25) is 9.59 Å². The van der Waals surface area contributed by atoms with Crippen molar-refractivity contribution >= 4 is 24.0 Å². The molecule has 1 fully saturated rings. The van der Waals surface area contributed by atoms with Crippen LogP contribution in [0.25, 0.3) is 0 Å². The van der Waals surface area contributed by atoms with Crippen molar-refractivity contribution in [1.29, 1.82) is 0 Å². The van der Waals surface area contributed by atoms with E-state index < -0.39 is 5.60 Å². The molecule has 0 spiro atoms. The Morgan fingerprint density at radius 1 is 1.60 bits per heavy atom. The largest absolute Gasteiger partial charge is 0.459 e. The Morgan fingerprint density at radius 2 is 2.40 bits per heavy atom. The molecule has 5 heteroatoms. The molecule has 0 saturated carbocycles. The first-order valence-corrected chi connectivity index (χ1v) is 7.79. The Balaban J connectivity index is 2.13. The molecule has 1 amide bonds. The second-order valence-corrected chi connectivity index (χ2v) is 6.22. The van der Waals surface area contributed by atoms with Gasteiger partial charge in [0.25, 0.3) is 6.47 Å². The Morgan fingerprint density at radius 3 is 3.00 bits per heavy atom. The number of hydrogen-bond donors (Lipinski definition) is 1. The van der Waals surface area contributed by atoms with Gasteiger partial charge < -0.3 is 10.1 Å². The molecule has 0 radical (unpaired) electrons. The number of carbonyl (C=O) groups is 2. The van der Waals surface area contributed by atoms with Crippen LogP contribution in [-0.2, 0) is 14.3 Å². The predicted molar refractivity (Wildman–Crippen MR) is 77.4 cm³/mol. The highest BCUT2D eigenvalue weighted by Gasteiger charge is 2.53. The molecule has 1 aliphatic heterocycles. The van der Waals surface area contributed by atoms with E-state index in [1.165, 1.54) is 6.42 Å². The molecule has 112 valence electrons. The maximum atomic E-state index is 12.1. The van der Waals surface area contributed by atoms with E-state index in [2.05, 4.69) is 17.5 Å². The summed E-state index contributed by atoms with van der Waals surface area (Å²) < 4.78 is 5.33. The van der Waals surface area contributed by atoms with Crippen LogP contribution in [0.3, 0.4) is 0 Å². The molecule has 0 aromatic rings. The van der Waals surface area contributed by atoms with Crippen LogP contribution in [0.5, 0.6) is 0 Å². The van der Waals surface area contributed by atoms with E-state index in [9.17, 15) is 9.59 Å². The van der Waals surface area contributed by atoms with Gasteiger partial charge in [-0.1, -0.05) is 12.2 Å². The minimum absolute atomic E-state index is 0.0558. The predicted octanol–water partition coefficient (Wildman–Crippen LogP) is 2.41. The fourth-order valence-electron chi connectivity index (χ4n) is 3.39. The van der Waals surface area contributed by atoms with E-state index in [0.717, 1.165) is 19.3 Å². The topological polar surface area (TPSA) is 55.4 Å². The van der Waals surface area contributed by atoms with Crippen LogP contribution in [-0.4, -0.2) is 29.9 Å². The zero-order valence-corrected chi connectivity index (χ0v) is 12.6. The second-order valence-electron chi connectivity index (χ2n) is 5.84. The summed E-state index contributed by atoms with van der Waals surface area (Å²) in [4.78, 5) is 23.0. The van der Waals surface area contributed by atoms with Gasteiger partial charge >= 0.3 is 0 Å². The molecular formula is C15H22ClNO3. The van der Waals surface area contributed by atoms with E-state index in [4.69, 9.17) is 16.3 Å². The average Bonchev–Trinajstić information content (AvgIpc) is 2.65. The van der Waals surface area contributed by atoms with Gasteiger partial charge in [-0.15, -0.1) is 11.6 Å². The van der Waals surface area contributed by atoms with Crippen LogP contribution < -0.4 is 5.32 Å². The molecule has 1 aliphatic carbocycles. The lowest BCUT2D eigenvalue weighted by molar-refractivity contribution is -0.149. The Hall–Kier alpha value is -1.03. The van der Waals surface area contributed by atoms with Crippen molar-refractivity contribution in [2.45, 2.75) is 50.7 Å². The molecule has 0 bridgehead atoms. The third-order valence-corrected chi connectivity index (χ3v) is 4.83. The molecule has 0 aromatic heterocycles. The van der Waals surface area contributed by atoms with Gasteiger partial charge in [0.2, 0.25) is 5.91 Å². The third-order valence-electron chi connectivity index (χ3n) is 4.61. The number of carbonyl (C=O) groups excluding carboxylic acids is 2.